The van der Waals surface area contributed by atoms with E-state index in [9.17, 15) is 0 Å². The molecule has 1 saturated carbocycles. The molecule has 2 unspecified atom stereocenters. The van der Waals surface area contributed by atoms with Gasteiger partial charge in [-0.15, -0.1) is 12.0 Å². The average molecular weight is 126 g/mol. The first-order valence-corrected chi connectivity index (χ1v) is 3.65. The molecule has 0 aromatic carbocycles. The van der Waals surface area contributed by atoms with E-state index in [1.165, 1.54) is 12.8 Å². The van der Waals surface area contributed by atoms with Crippen LogP contribution in [0.15, 0.2) is 24.3 Å². The minimum atomic E-state index is 0. The zero-order valence-electron chi connectivity index (χ0n) is 6.46. The predicted molar refractivity (Wildman–Crippen MR) is 38.8 cm³/mol. The molecule has 0 aromatic rings. The van der Waals surface area contributed by atoms with E-state index in [-0.39, 0.29) is 18.9 Å². The van der Waals surface area contributed by atoms with Crippen LogP contribution < -0.4 is 18.9 Å². The maximum Gasteiger partial charge on any atom is 1.00 e. The van der Waals surface area contributed by atoms with Gasteiger partial charge in [0.15, 0.2) is 0 Å². The zero-order chi connectivity index (χ0) is 6.10. The van der Waals surface area contributed by atoms with Gasteiger partial charge in [-0.3, -0.25) is 0 Å². The van der Waals surface area contributed by atoms with Crippen LogP contribution in [0.2, 0.25) is 0 Å². The molecule has 0 aromatic heterocycles. The molecule has 48 valence electrons. The first-order valence-electron chi connectivity index (χ1n) is 3.65. The number of hydrogen-bond acceptors (Lipinski definition) is 0. The van der Waals surface area contributed by atoms with Crippen molar-refractivity contribution in [1.29, 1.82) is 0 Å². The Morgan fingerprint density at radius 2 is 2.00 bits per heavy atom. The van der Waals surface area contributed by atoms with Crippen molar-refractivity contribution in [2.24, 2.45) is 11.8 Å². The van der Waals surface area contributed by atoms with Crippen LogP contribution in [0, 0.1) is 18.3 Å². The van der Waals surface area contributed by atoms with E-state index in [0.717, 1.165) is 11.8 Å². The smallest absolute Gasteiger partial charge is 0.321 e. The summed E-state index contributed by atoms with van der Waals surface area (Å²) >= 11 is 0. The fraction of sp³-hybridized carbons (Fsp3) is 0.444. The molecule has 0 radical (unpaired) electrons. The molecule has 1 heteroatoms. The number of fused-ring (bicyclic) bond motifs is 1. The van der Waals surface area contributed by atoms with Gasteiger partial charge < -0.3 is 6.42 Å². The van der Waals surface area contributed by atoms with Gasteiger partial charge in [-0.1, -0.05) is 24.6 Å². The SMILES string of the molecule is C1=CC2[CH-]CCC2C=C1.[Li+]. The second-order valence-corrected chi connectivity index (χ2v) is 2.82. The molecule has 0 nitrogen and oxygen atoms in total. The van der Waals surface area contributed by atoms with Gasteiger partial charge in [-0.2, -0.15) is 6.42 Å². The summed E-state index contributed by atoms with van der Waals surface area (Å²) in [5.41, 5.74) is 0. The summed E-state index contributed by atoms with van der Waals surface area (Å²) in [7, 11) is 0. The summed E-state index contributed by atoms with van der Waals surface area (Å²) in [5, 5.41) is 0. The Labute approximate surface area is 74.6 Å². The van der Waals surface area contributed by atoms with Gasteiger partial charge in [0.25, 0.3) is 0 Å². The van der Waals surface area contributed by atoms with Gasteiger partial charge >= 0.3 is 18.9 Å². The Morgan fingerprint density at radius 1 is 1.20 bits per heavy atom. The van der Waals surface area contributed by atoms with Gasteiger partial charge in [-0.25, -0.2) is 0 Å². The maximum absolute atomic E-state index is 2.42. The van der Waals surface area contributed by atoms with Gasteiger partial charge in [0.2, 0.25) is 0 Å². The third kappa shape index (κ3) is 1.39. The molecule has 0 saturated heterocycles. The van der Waals surface area contributed by atoms with Crippen molar-refractivity contribution in [2.75, 3.05) is 0 Å². The normalized spacial score (nSPS) is 35.2. The quantitative estimate of drug-likeness (QED) is 0.299. The van der Waals surface area contributed by atoms with Crippen molar-refractivity contribution in [3.05, 3.63) is 30.7 Å². The van der Waals surface area contributed by atoms with Crippen LogP contribution in [0.3, 0.4) is 0 Å². The van der Waals surface area contributed by atoms with Crippen LogP contribution in [0.1, 0.15) is 12.8 Å². The van der Waals surface area contributed by atoms with Gasteiger partial charge in [-0.05, 0) is 5.92 Å². The Morgan fingerprint density at radius 3 is 2.80 bits per heavy atom. The standard InChI is InChI=1S/C9H11.Li/c1-2-5-9-7-3-6-8(9)4-1;/h1-2,4-6,8-9H,3,7H2;/q-1;+1. The predicted octanol–water partition coefficient (Wildman–Crippen LogP) is -0.653. The van der Waals surface area contributed by atoms with Crippen LogP contribution in [-0.2, 0) is 0 Å². The van der Waals surface area contributed by atoms with Crippen molar-refractivity contribution in [1.82, 2.24) is 0 Å². The van der Waals surface area contributed by atoms with Gasteiger partial charge in [0.05, 0.1) is 0 Å². The van der Waals surface area contributed by atoms with Gasteiger partial charge in [0.1, 0.15) is 0 Å². The number of hydrogen-bond donors (Lipinski definition) is 0. The Bertz CT molecular complexity index is 140. The molecule has 10 heavy (non-hydrogen) atoms. The van der Waals surface area contributed by atoms with E-state index in [1.54, 1.807) is 0 Å². The molecule has 0 bridgehead atoms. The summed E-state index contributed by atoms with van der Waals surface area (Å²) in [4.78, 5) is 0. The van der Waals surface area contributed by atoms with E-state index < -0.39 is 0 Å². The van der Waals surface area contributed by atoms with E-state index in [0.29, 0.717) is 0 Å². The van der Waals surface area contributed by atoms with Crippen molar-refractivity contribution < 1.29 is 18.9 Å². The second kappa shape index (κ2) is 3.46. The van der Waals surface area contributed by atoms with Crippen LogP contribution in [0.5, 0.6) is 0 Å². The fourth-order valence-corrected chi connectivity index (χ4v) is 1.69. The summed E-state index contributed by atoms with van der Waals surface area (Å²) in [5.74, 6) is 1.62. The summed E-state index contributed by atoms with van der Waals surface area (Å²) in [6.07, 6.45) is 14.1. The molecule has 0 aliphatic heterocycles. The second-order valence-electron chi connectivity index (χ2n) is 2.82. The topological polar surface area (TPSA) is 0 Å². The molecule has 0 spiro atoms. The molecule has 2 rings (SSSR count). The van der Waals surface area contributed by atoms with E-state index in [4.69, 9.17) is 0 Å². The van der Waals surface area contributed by atoms with Crippen molar-refractivity contribution in [2.45, 2.75) is 12.8 Å². The molecular weight excluding hydrogens is 115 g/mol. The molecule has 0 N–H and O–H groups in total. The Kier molecular flexibility index (Phi) is 2.83. The minimum Gasteiger partial charge on any atom is -0.321 e. The van der Waals surface area contributed by atoms with Crippen LogP contribution in [0.25, 0.3) is 0 Å². The van der Waals surface area contributed by atoms with Crippen molar-refractivity contribution >= 4 is 0 Å². The monoisotopic (exact) mass is 126 g/mol. The van der Waals surface area contributed by atoms with Crippen molar-refractivity contribution in [3.8, 4) is 0 Å². The summed E-state index contributed by atoms with van der Waals surface area (Å²) in [6.45, 7) is 0. The minimum absolute atomic E-state index is 0. The molecular formula is C9H11Li. The molecule has 1 fully saturated rings. The third-order valence-electron chi connectivity index (χ3n) is 2.24. The Hall–Kier alpha value is 0.0774. The summed E-state index contributed by atoms with van der Waals surface area (Å²) in [6, 6.07) is 0. The fourth-order valence-electron chi connectivity index (χ4n) is 1.69. The molecule has 2 atom stereocenters. The largest absolute Gasteiger partial charge is 1.00 e. The van der Waals surface area contributed by atoms with Crippen LogP contribution in [0.4, 0.5) is 0 Å². The average Bonchev–Trinajstić information content (AvgIpc) is 2.33. The first-order chi connectivity index (χ1) is 4.47. The van der Waals surface area contributed by atoms with Crippen LogP contribution >= 0.6 is 0 Å². The number of rotatable bonds is 0. The van der Waals surface area contributed by atoms with Gasteiger partial charge in [0, 0.05) is 0 Å². The molecule has 2 aliphatic carbocycles. The van der Waals surface area contributed by atoms with E-state index in [1.807, 2.05) is 0 Å². The molecule has 0 heterocycles. The number of allylic oxidation sites excluding steroid dienone is 4. The molecule has 2 aliphatic rings. The summed E-state index contributed by atoms with van der Waals surface area (Å²) < 4.78 is 0. The Balaban J connectivity index is 0.000000500. The third-order valence-corrected chi connectivity index (χ3v) is 2.24. The van der Waals surface area contributed by atoms with E-state index in [2.05, 4.69) is 30.7 Å². The maximum atomic E-state index is 2.42. The molecule has 0 amide bonds. The van der Waals surface area contributed by atoms with Crippen molar-refractivity contribution in [3.63, 3.8) is 0 Å². The van der Waals surface area contributed by atoms with Crippen LogP contribution in [-0.4, -0.2) is 0 Å². The first kappa shape index (κ1) is 8.18. The van der Waals surface area contributed by atoms with E-state index >= 15 is 0 Å². The zero-order valence-corrected chi connectivity index (χ0v) is 6.46.